The number of hydrogen-bond donors (Lipinski definition) is 1. The normalized spacial score (nSPS) is 15.0. The summed E-state index contributed by atoms with van der Waals surface area (Å²) in [5.74, 6) is 0.749. The number of nitrogens with one attached hydrogen (secondary N) is 1. The zero-order valence-electron chi connectivity index (χ0n) is 28.0. The first kappa shape index (κ1) is 32.6. The highest BCUT2D eigenvalue weighted by Gasteiger charge is 2.24. The molecule has 11 heteroatoms. The molecule has 0 aliphatic carbocycles. The van der Waals surface area contributed by atoms with Crippen LogP contribution in [-0.2, 0) is 13.1 Å². The van der Waals surface area contributed by atoms with E-state index in [1.807, 2.05) is 80.2 Å². The van der Waals surface area contributed by atoms with Crippen LogP contribution in [0.15, 0.2) is 85.3 Å². The standard InChI is InChI=1S/C37H41FN8O2/c1-25-18-26(2)35(27(3)19-25)48-37(47)46(24-30-9-6-8-29(20-30)23-45-15-7-13-40-45)34-12-14-39-36(42-34)41-31-10-11-33(32(38)21-31)44-17-16-43(5)28(4)22-44/h6-15,18-21,28H,16-17,22-24H2,1-5H3,(H,39,41,42). The summed E-state index contributed by atoms with van der Waals surface area (Å²) in [6, 6.07) is 20.9. The largest absolute Gasteiger partial charge is 0.421 e. The van der Waals surface area contributed by atoms with E-state index in [4.69, 9.17) is 4.74 Å². The molecule has 0 bridgehead atoms. The van der Waals surface area contributed by atoms with Gasteiger partial charge in [-0.25, -0.2) is 14.2 Å². The summed E-state index contributed by atoms with van der Waals surface area (Å²) >= 11 is 0. The van der Waals surface area contributed by atoms with Crippen LogP contribution in [-0.4, -0.2) is 63.5 Å². The zero-order valence-corrected chi connectivity index (χ0v) is 28.0. The maximum atomic E-state index is 15.4. The molecule has 1 atom stereocenters. The van der Waals surface area contributed by atoms with Crippen molar-refractivity contribution in [1.82, 2.24) is 24.6 Å². The Kier molecular flexibility index (Phi) is 9.67. The number of benzene rings is 3. The Morgan fingerprint density at radius 2 is 1.79 bits per heavy atom. The predicted octanol–water partition coefficient (Wildman–Crippen LogP) is 6.88. The Balaban J connectivity index is 1.26. The van der Waals surface area contributed by atoms with E-state index in [-0.39, 0.29) is 18.3 Å². The third kappa shape index (κ3) is 7.63. The van der Waals surface area contributed by atoms with Crippen LogP contribution in [0.1, 0.15) is 34.7 Å². The van der Waals surface area contributed by atoms with E-state index in [2.05, 4.69) is 44.2 Å². The third-order valence-corrected chi connectivity index (χ3v) is 8.67. The molecule has 1 unspecified atom stereocenters. The van der Waals surface area contributed by atoms with Gasteiger partial charge in [0.1, 0.15) is 17.4 Å². The Hall–Kier alpha value is -5.29. The summed E-state index contributed by atoms with van der Waals surface area (Å²) in [6.07, 6.45) is 4.64. The quantitative estimate of drug-likeness (QED) is 0.185. The highest BCUT2D eigenvalue weighted by atomic mass is 19.1. The van der Waals surface area contributed by atoms with Gasteiger partial charge in [-0.15, -0.1) is 0 Å². The molecule has 248 valence electrons. The minimum atomic E-state index is -0.580. The highest BCUT2D eigenvalue weighted by Crippen LogP contribution is 2.29. The summed E-state index contributed by atoms with van der Waals surface area (Å²) in [5.41, 5.74) is 5.81. The number of nitrogens with zero attached hydrogens (tertiary/aromatic N) is 7. The Bertz CT molecular complexity index is 1870. The van der Waals surface area contributed by atoms with Gasteiger partial charge < -0.3 is 19.9 Å². The van der Waals surface area contributed by atoms with Gasteiger partial charge in [0.2, 0.25) is 5.95 Å². The molecular formula is C37H41FN8O2. The Morgan fingerprint density at radius 1 is 1.00 bits per heavy atom. The fraction of sp³-hybridized carbons (Fsp3) is 0.297. The second-order valence-corrected chi connectivity index (χ2v) is 12.5. The lowest BCUT2D eigenvalue weighted by Crippen LogP contribution is -2.50. The van der Waals surface area contributed by atoms with E-state index in [1.54, 1.807) is 24.5 Å². The van der Waals surface area contributed by atoms with Crippen molar-refractivity contribution >= 4 is 29.2 Å². The average molecular weight is 649 g/mol. The highest BCUT2D eigenvalue weighted by molar-refractivity contribution is 5.88. The molecule has 1 amide bonds. The number of aromatic nitrogens is 4. The number of hydrogen-bond acceptors (Lipinski definition) is 8. The molecule has 0 radical (unpaired) electrons. The van der Waals surface area contributed by atoms with E-state index in [9.17, 15) is 4.79 Å². The fourth-order valence-electron chi connectivity index (χ4n) is 6.10. The Labute approximate surface area is 280 Å². The molecule has 1 aliphatic heterocycles. The van der Waals surface area contributed by atoms with Gasteiger partial charge in [-0.3, -0.25) is 9.58 Å². The van der Waals surface area contributed by atoms with Gasteiger partial charge in [0, 0.05) is 50.0 Å². The molecule has 48 heavy (non-hydrogen) atoms. The van der Waals surface area contributed by atoms with E-state index in [1.165, 1.54) is 11.0 Å². The van der Waals surface area contributed by atoms with E-state index < -0.39 is 6.09 Å². The number of ether oxygens (including phenoxy) is 1. The molecule has 1 N–H and O–H groups in total. The number of carbonyl (C=O) groups is 1. The van der Waals surface area contributed by atoms with Crippen LogP contribution in [0.25, 0.3) is 0 Å². The molecule has 1 aliphatic rings. The monoisotopic (exact) mass is 648 g/mol. The van der Waals surface area contributed by atoms with Gasteiger partial charge in [-0.2, -0.15) is 10.1 Å². The van der Waals surface area contributed by atoms with E-state index in [0.717, 1.165) is 47.5 Å². The minimum Gasteiger partial charge on any atom is -0.409 e. The SMILES string of the molecule is Cc1cc(C)c(OC(=O)N(Cc2cccc(Cn3cccn3)c2)c2ccnc(Nc3ccc(N4CCN(C)C(C)C4)c(F)c3)n2)c(C)c1. The summed E-state index contributed by atoms with van der Waals surface area (Å²) < 4.78 is 23.2. The van der Waals surface area contributed by atoms with Crippen LogP contribution < -0.4 is 19.9 Å². The van der Waals surface area contributed by atoms with Gasteiger partial charge in [0.05, 0.1) is 18.8 Å². The first-order valence-electron chi connectivity index (χ1n) is 16.1. The van der Waals surface area contributed by atoms with Crippen LogP contribution in [0.4, 0.5) is 32.3 Å². The van der Waals surface area contributed by atoms with Crippen LogP contribution in [0.2, 0.25) is 0 Å². The smallest absolute Gasteiger partial charge is 0.409 e. The molecule has 5 aromatic rings. The number of anilines is 4. The summed E-state index contributed by atoms with van der Waals surface area (Å²) in [4.78, 5) is 28.8. The predicted molar refractivity (Wildman–Crippen MR) is 187 cm³/mol. The van der Waals surface area contributed by atoms with Crippen LogP contribution >= 0.6 is 0 Å². The second kappa shape index (κ2) is 14.2. The average Bonchev–Trinajstić information content (AvgIpc) is 3.56. The maximum Gasteiger partial charge on any atom is 0.421 e. The van der Waals surface area contributed by atoms with Crippen LogP contribution in [0.5, 0.6) is 5.75 Å². The lowest BCUT2D eigenvalue weighted by Gasteiger charge is -2.39. The lowest BCUT2D eigenvalue weighted by atomic mass is 10.1. The number of carbonyl (C=O) groups excluding carboxylic acids is 1. The summed E-state index contributed by atoms with van der Waals surface area (Å²) in [5, 5.41) is 7.43. The first-order chi connectivity index (χ1) is 23.1. The number of amides is 1. The topological polar surface area (TPSA) is 91.6 Å². The summed E-state index contributed by atoms with van der Waals surface area (Å²) in [6.45, 7) is 11.2. The first-order valence-corrected chi connectivity index (χ1v) is 16.1. The van der Waals surface area contributed by atoms with Crippen molar-refractivity contribution in [2.75, 3.05) is 41.8 Å². The van der Waals surface area contributed by atoms with Crippen molar-refractivity contribution in [3.8, 4) is 5.75 Å². The molecule has 6 rings (SSSR count). The van der Waals surface area contributed by atoms with Gasteiger partial charge in [-0.05, 0) is 87.3 Å². The molecule has 0 spiro atoms. The van der Waals surface area contributed by atoms with Gasteiger partial charge in [0.25, 0.3) is 0 Å². The summed E-state index contributed by atoms with van der Waals surface area (Å²) in [7, 11) is 2.09. The van der Waals surface area contributed by atoms with Gasteiger partial charge in [0.15, 0.2) is 0 Å². The van der Waals surface area contributed by atoms with Crippen molar-refractivity contribution in [2.24, 2.45) is 0 Å². The van der Waals surface area contributed by atoms with Gasteiger partial charge >= 0.3 is 6.09 Å². The molecule has 10 nitrogen and oxygen atoms in total. The van der Waals surface area contributed by atoms with Crippen molar-refractivity contribution in [1.29, 1.82) is 0 Å². The minimum absolute atomic E-state index is 0.193. The Morgan fingerprint density at radius 3 is 2.52 bits per heavy atom. The molecule has 1 fully saturated rings. The van der Waals surface area contributed by atoms with Crippen LogP contribution in [0.3, 0.4) is 0 Å². The molecule has 0 saturated carbocycles. The van der Waals surface area contributed by atoms with Crippen molar-refractivity contribution in [2.45, 2.75) is 46.8 Å². The zero-order chi connectivity index (χ0) is 33.8. The molecular weight excluding hydrogens is 607 g/mol. The number of piperazine rings is 1. The lowest BCUT2D eigenvalue weighted by molar-refractivity contribution is 0.206. The van der Waals surface area contributed by atoms with Crippen molar-refractivity contribution in [3.63, 3.8) is 0 Å². The molecule has 3 heterocycles. The van der Waals surface area contributed by atoms with Crippen molar-refractivity contribution < 1.29 is 13.9 Å². The van der Waals surface area contributed by atoms with Crippen LogP contribution in [0, 0.1) is 26.6 Å². The fourth-order valence-corrected chi connectivity index (χ4v) is 6.10. The van der Waals surface area contributed by atoms with E-state index >= 15 is 4.39 Å². The van der Waals surface area contributed by atoms with E-state index in [0.29, 0.717) is 35.5 Å². The third-order valence-electron chi connectivity index (χ3n) is 8.67. The molecule has 3 aromatic carbocycles. The maximum absolute atomic E-state index is 15.4. The van der Waals surface area contributed by atoms with Crippen molar-refractivity contribution in [3.05, 3.63) is 119 Å². The molecule has 1 saturated heterocycles. The number of rotatable bonds is 9. The number of likely N-dealkylation sites (N-methyl/N-ethyl adjacent to an activating group) is 1. The number of halogens is 1. The second-order valence-electron chi connectivity index (χ2n) is 12.5. The number of aryl methyl sites for hydroxylation is 3. The molecule has 2 aromatic heterocycles. The van der Waals surface area contributed by atoms with Gasteiger partial charge in [-0.1, -0.05) is 42.0 Å².